The molecule has 1 aromatic rings. The molecule has 0 saturated heterocycles. The molecule has 0 saturated carbocycles. The van der Waals surface area contributed by atoms with Gasteiger partial charge in [-0.05, 0) is 37.0 Å². The molecule has 1 aliphatic rings. The minimum absolute atomic E-state index is 0.0276. The first-order chi connectivity index (χ1) is 15.0. The van der Waals surface area contributed by atoms with Crippen molar-refractivity contribution < 1.29 is 19.1 Å². The topological polar surface area (TPSA) is 52.6 Å². The van der Waals surface area contributed by atoms with Crippen LogP contribution >= 0.6 is 0 Å². The number of benzene rings is 1. The molecule has 0 bridgehead atoms. The summed E-state index contributed by atoms with van der Waals surface area (Å²) in [7, 11) is 0. The first-order valence-electron chi connectivity index (χ1n) is 11.8. The third-order valence-electron chi connectivity index (χ3n) is 5.73. The van der Waals surface area contributed by atoms with E-state index in [9.17, 15) is 9.59 Å². The Kier molecular flexibility index (Phi) is 10.7. The smallest absolute Gasteiger partial charge is 0.343 e. The van der Waals surface area contributed by atoms with Crippen LogP contribution in [0.2, 0.25) is 0 Å². The number of carbonyl (C=O) groups is 2. The predicted octanol–water partition coefficient (Wildman–Crippen LogP) is 6.45. The molecule has 0 N–H and O–H groups in total. The second kappa shape index (κ2) is 13.3. The third kappa shape index (κ3) is 7.77. The van der Waals surface area contributed by atoms with Crippen molar-refractivity contribution in [2.75, 3.05) is 6.61 Å². The summed E-state index contributed by atoms with van der Waals surface area (Å²) in [6, 6.07) is 10.1. The number of ether oxygens (including phenoxy) is 2. The van der Waals surface area contributed by atoms with E-state index in [0.717, 1.165) is 56.1 Å². The molecule has 31 heavy (non-hydrogen) atoms. The monoisotopic (exact) mass is 426 g/mol. The van der Waals surface area contributed by atoms with Crippen molar-refractivity contribution in [3.8, 4) is 0 Å². The van der Waals surface area contributed by atoms with E-state index in [1.807, 2.05) is 48.6 Å². The van der Waals surface area contributed by atoms with Gasteiger partial charge in [0.25, 0.3) is 0 Å². The Morgan fingerprint density at radius 3 is 2.35 bits per heavy atom. The molecule has 1 aliphatic carbocycles. The highest BCUT2D eigenvalue weighted by atomic mass is 16.6. The summed E-state index contributed by atoms with van der Waals surface area (Å²) in [5.41, 5.74) is 0.994. The number of allylic oxidation sites excluding steroid dienone is 2. The molecule has 4 nitrogen and oxygen atoms in total. The summed E-state index contributed by atoms with van der Waals surface area (Å²) in [6.45, 7) is 6.42. The van der Waals surface area contributed by atoms with Crippen molar-refractivity contribution in [1.82, 2.24) is 0 Å². The molecular weight excluding hydrogens is 388 g/mol. The largest absolute Gasteiger partial charge is 0.452 e. The lowest BCUT2D eigenvalue weighted by Crippen LogP contribution is -2.44. The normalized spacial score (nSPS) is 19.0. The Balaban J connectivity index is 2.06. The second-order valence-electron chi connectivity index (χ2n) is 8.33. The maximum absolute atomic E-state index is 13.1. The van der Waals surface area contributed by atoms with Gasteiger partial charge in [-0.15, -0.1) is 0 Å². The zero-order chi connectivity index (χ0) is 22.5. The van der Waals surface area contributed by atoms with Gasteiger partial charge in [-0.25, -0.2) is 4.79 Å². The van der Waals surface area contributed by atoms with Crippen LogP contribution in [0.3, 0.4) is 0 Å². The number of hydrogen-bond donors (Lipinski definition) is 0. The Bertz CT molecular complexity index is 750. The minimum atomic E-state index is -1.16. The SMILES string of the molecule is CCCCCCOC1(C(=O)OC(C)C(=O)CCCCC)C=CC(c2ccccc2)=CC1. The van der Waals surface area contributed by atoms with Crippen LogP contribution in [0.25, 0.3) is 5.57 Å². The van der Waals surface area contributed by atoms with Gasteiger partial charge in [0.05, 0.1) is 0 Å². The first kappa shape index (κ1) is 25.1. The Labute approximate surface area is 187 Å². The number of hydrogen-bond acceptors (Lipinski definition) is 4. The van der Waals surface area contributed by atoms with Gasteiger partial charge < -0.3 is 9.47 Å². The van der Waals surface area contributed by atoms with Crippen molar-refractivity contribution in [2.45, 2.75) is 90.3 Å². The highest BCUT2D eigenvalue weighted by Crippen LogP contribution is 2.31. The zero-order valence-electron chi connectivity index (χ0n) is 19.4. The van der Waals surface area contributed by atoms with Gasteiger partial charge in [0, 0.05) is 19.4 Å². The Morgan fingerprint density at radius 2 is 1.71 bits per heavy atom. The van der Waals surface area contributed by atoms with E-state index in [0.29, 0.717) is 19.4 Å². The summed E-state index contributed by atoms with van der Waals surface area (Å²) < 4.78 is 11.7. The van der Waals surface area contributed by atoms with Crippen molar-refractivity contribution in [3.05, 3.63) is 54.1 Å². The standard InChI is InChI=1S/C27H38O4/c1-4-6-8-13-21-30-27(26(29)31-22(3)25(28)16-10-7-5-2)19-17-24(18-20-27)23-14-11-9-12-15-23/h9,11-12,14-15,17-19,22H,4-8,10,13,16,20-21H2,1-3H3. The van der Waals surface area contributed by atoms with E-state index >= 15 is 0 Å². The quantitative estimate of drug-likeness (QED) is 0.253. The number of unbranched alkanes of at least 4 members (excludes halogenated alkanes) is 5. The number of Topliss-reactive ketones (excluding diaryl/α,β-unsaturated/α-hetero) is 1. The van der Waals surface area contributed by atoms with Crippen LogP contribution in [-0.2, 0) is 19.1 Å². The lowest BCUT2D eigenvalue weighted by molar-refractivity contribution is -0.173. The summed E-state index contributed by atoms with van der Waals surface area (Å²) in [6.07, 6.45) is 13.0. The average molecular weight is 427 g/mol. The van der Waals surface area contributed by atoms with Crippen molar-refractivity contribution >= 4 is 17.3 Å². The van der Waals surface area contributed by atoms with Crippen LogP contribution in [-0.4, -0.2) is 30.1 Å². The summed E-state index contributed by atoms with van der Waals surface area (Å²) in [5, 5.41) is 0. The minimum Gasteiger partial charge on any atom is -0.452 e. The van der Waals surface area contributed by atoms with Gasteiger partial charge >= 0.3 is 5.97 Å². The van der Waals surface area contributed by atoms with E-state index < -0.39 is 17.7 Å². The molecule has 2 unspecified atom stereocenters. The van der Waals surface area contributed by atoms with Crippen LogP contribution in [0.4, 0.5) is 0 Å². The molecule has 2 rings (SSSR count). The first-order valence-corrected chi connectivity index (χ1v) is 11.8. The molecular formula is C27H38O4. The van der Waals surface area contributed by atoms with Crippen molar-refractivity contribution in [1.29, 1.82) is 0 Å². The molecule has 0 amide bonds. The van der Waals surface area contributed by atoms with Crippen molar-refractivity contribution in [3.63, 3.8) is 0 Å². The van der Waals surface area contributed by atoms with Crippen LogP contribution < -0.4 is 0 Å². The number of carbonyl (C=O) groups excluding carboxylic acids is 2. The van der Waals surface area contributed by atoms with Crippen molar-refractivity contribution in [2.24, 2.45) is 0 Å². The van der Waals surface area contributed by atoms with Crippen LogP contribution in [0.15, 0.2) is 48.6 Å². The molecule has 1 aromatic carbocycles. The molecule has 4 heteroatoms. The molecule has 170 valence electrons. The van der Waals surface area contributed by atoms with Crippen LogP contribution in [0.5, 0.6) is 0 Å². The number of esters is 1. The second-order valence-corrected chi connectivity index (χ2v) is 8.33. The fourth-order valence-corrected chi connectivity index (χ4v) is 3.65. The van der Waals surface area contributed by atoms with Crippen LogP contribution in [0, 0.1) is 0 Å². The summed E-state index contributed by atoms with van der Waals surface area (Å²) in [5.74, 6) is -0.501. The number of rotatable bonds is 14. The maximum atomic E-state index is 13.1. The lowest BCUT2D eigenvalue weighted by atomic mass is 9.89. The zero-order valence-corrected chi connectivity index (χ0v) is 19.4. The van der Waals surface area contributed by atoms with Gasteiger partial charge in [0.15, 0.2) is 17.5 Å². The fourth-order valence-electron chi connectivity index (χ4n) is 3.65. The predicted molar refractivity (Wildman–Crippen MR) is 126 cm³/mol. The average Bonchev–Trinajstić information content (AvgIpc) is 2.80. The molecule has 0 aliphatic heterocycles. The van der Waals surface area contributed by atoms with Gasteiger partial charge in [-0.2, -0.15) is 0 Å². The highest BCUT2D eigenvalue weighted by Gasteiger charge is 2.41. The Morgan fingerprint density at radius 1 is 1.00 bits per heavy atom. The van der Waals surface area contributed by atoms with Crippen LogP contribution in [0.1, 0.15) is 84.1 Å². The van der Waals surface area contributed by atoms with E-state index in [1.54, 1.807) is 6.92 Å². The fraction of sp³-hybridized carbons (Fsp3) is 0.556. The molecule has 0 heterocycles. The number of ketones is 1. The van der Waals surface area contributed by atoms with Gasteiger partial charge in [-0.3, -0.25) is 4.79 Å². The van der Waals surface area contributed by atoms with Gasteiger partial charge in [0.2, 0.25) is 0 Å². The molecule has 2 atom stereocenters. The van der Waals surface area contributed by atoms with Gasteiger partial charge in [-0.1, -0.05) is 88.4 Å². The van der Waals surface area contributed by atoms with Gasteiger partial charge in [0.1, 0.15) is 0 Å². The lowest BCUT2D eigenvalue weighted by Gasteiger charge is -2.31. The molecule has 0 fully saturated rings. The molecule has 0 spiro atoms. The maximum Gasteiger partial charge on any atom is 0.343 e. The molecule has 0 radical (unpaired) electrons. The summed E-state index contributed by atoms with van der Waals surface area (Å²) >= 11 is 0. The molecule has 0 aromatic heterocycles. The highest BCUT2D eigenvalue weighted by molar-refractivity contribution is 5.90. The van der Waals surface area contributed by atoms with E-state index in [-0.39, 0.29) is 5.78 Å². The van der Waals surface area contributed by atoms with E-state index in [4.69, 9.17) is 9.47 Å². The summed E-state index contributed by atoms with van der Waals surface area (Å²) in [4.78, 5) is 25.5. The van der Waals surface area contributed by atoms with E-state index in [2.05, 4.69) is 13.8 Å². The Hall–Kier alpha value is -2.20. The van der Waals surface area contributed by atoms with E-state index in [1.165, 1.54) is 0 Å². The third-order valence-corrected chi connectivity index (χ3v) is 5.73.